The summed E-state index contributed by atoms with van der Waals surface area (Å²) in [5.74, 6) is -0.255. The molecule has 1 saturated heterocycles. The zero-order chi connectivity index (χ0) is 18.0. The van der Waals surface area contributed by atoms with Gasteiger partial charge in [-0.2, -0.15) is 0 Å². The first kappa shape index (κ1) is 20.7. The molecule has 0 radical (unpaired) electrons. The quantitative estimate of drug-likeness (QED) is 0.820. The van der Waals surface area contributed by atoms with Crippen LogP contribution < -0.4 is 5.73 Å². The number of piperazine rings is 1. The van der Waals surface area contributed by atoms with E-state index < -0.39 is 6.10 Å². The minimum absolute atomic E-state index is 0. The molecular weight excluding hydrogens is 354 g/mol. The van der Waals surface area contributed by atoms with Gasteiger partial charge in [0.2, 0.25) is 11.8 Å². The van der Waals surface area contributed by atoms with Crippen molar-refractivity contribution < 1.29 is 14.7 Å². The van der Waals surface area contributed by atoms with Crippen molar-refractivity contribution in [3.05, 3.63) is 35.4 Å². The van der Waals surface area contributed by atoms with Crippen molar-refractivity contribution in [2.75, 3.05) is 19.6 Å². The Morgan fingerprint density at radius 1 is 1.31 bits per heavy atom. The van der Waals surface area contributed by atoms with Gasteiger partial charge in [-0.3, -0.25) is 9.59 Å². The third-order valence-corrected chi connectivity index (χ3v) is 5.30. The molecule has 144 valence electrons. The molecule has 1 saturated carbocycles. The van der Waals surface area contributed by atoms with E-state index >= 15 is 0 Å². The molecule has 0 aromatic heterocycles. The third kappa shape index (κ3) is 4.75. The summed E-state index contributed by atoms with van der Waals surface area (Å²) in [6, 6.07) is 7.89. The van der Waals surface area contributed by atoms with Crippen LogP contribution in [0.2, 0.25) is 0 Å². The lowest BCUT2D eigenvalue weighted by atomic mass is 9.83. The largest absolute Gasteiger partial charge is 0.391 e. The minimum atomic E-state index is -0.624. The third-order valence-electron chi connectivity index (χ3n) is 5.30. The standard InChI is InChI=1S/C19H27N3O3.ClH/c1-13-3-2-4-14(9-13)11-21-7-8-22(12-18(21)24)19(25)15-5-6-16(20)17(23)10-15;/h2-4,9,15-17,23H,5-8,10-12,20H2,1H3;1H/t15-,16+,17+;/m0./s1. The van der Waals surface area contributed by atoms with E-state index in [1.165, 1.54) is 5.56 Å². The monoisotopic (exact) mass is 381 g/mol. The number of carbonyl (C=O) groups is 2. The number of aryl methyl sites for hydroxylation is 1. The van der Waals surface area contributed by atoms with E-state index in [1.807, 2.05) is 30.0 Å². The first-order valence-electron chi connectivity index (χ1n) is 9.00. The smallest absolute Gasteiger partial charge is 0.242 e. The van der Waals surface area contributed by atoms with E-state index in [0.717, 1.165) is 5.56 Å². The zero-order valence-corrected chi connectivity index (χ0v) is 16.0. The fraction of sp³-hybridized carbons (Fsp3) is 0.579. The van der Waals surface area contributed by atoms with Gasteiger partial charge in [0.25, 0.3) is 0 Å². The Balaban J connectivity index is 0.00000243. The number of benzene rings is 1. The van der Waals surface area contributed by atoms with Gasteiger partial charge in [0.15, 0.2) is 0 Å². The second-order valence-corrected chi connectivity index (χ2v) is 7.31. The van der Waals surface area contributed by atoms with Crippen molar-refractivity contribution in [2.24, 2.45) is 11.7 Å². The van der Waals surface area contributed by atoms with Crippen LogP contribution in [0.3, 0.4) is 0 Å². The molecule has 1 aliphatic carbocycles. The summed E-state index contributed by atoms with van der Waals surface area (Å²) in [4.78, 5) is 28.6. The molecule has 3 rings (SSSR count). The van der Waals surface area contributed by atoms with Crippen LogP contribution in [0.25, 0.3) is 0 Å². The van der Waals surface area contributed by atoms with Gasteiger partial charge in [0.05, 0.1) is 12.6 Å². The number of aliphatic hydroxyl groups is 1. The Bertz CT molecular complexity index is 655. The van der Waals surface area contributed by atoms with E-state index in [2.05, 4.69) is 6.07 Å². The van der Waals surface area contributed by atoms with Crippen LogP contribution in [0.5, 0.6) is 0 Å². The van der Waals surface area contributed by atoms with Crippen LogP contribution >= 0.6 is 12.4 Å². The average Bonchev–Trinajstić information content (AvgIpc) is 2.58. The SMILES string of the molecule is Cc1cccc(CN2CCN(C(=O)[C@H]3CC[C@@H](N)[C@H](O)C3)CC2=O)c1.Cl. The molecule has 26 heavy (non-hydrogen) atoms. The van der Waals surface area contributed by atoms with Gasteiger partial charge in [-0.05, 0) is 31.7 Å². The average molecular weight is 382 g/mol. The van der Waals surface area contributed by atoms with Crippen molar-refractivity contribution in [1.29, 1.82) is 0 Å². The maximum atomic E-state index is 12.7. The molecule has 2 amide bonds. The Kier molecular flexibility index (Phi) is 7.03. The van der Waals surface area contributed by atoms with Crippen LogP contribution in [-0.2, 0) is 16.1 Å². The van der Waals surface area contributed by atoms with Gasteiger partial charge in [-0.15, -0.1) is 12.4 Å². The first-order chi connectivity index (χ1) is 11.9. The van der Waals surface area contributed by atoms with E-state index in [4.69, 9.17) is 5.73 Å². The normalized spacial score (nSPS) is 26.4. The summed E-state index contributed by atoms with van der Waals surface area (Å²) in [6.45, 7) is 3.84. The van der Waals surface area contributed by atoms with Gasteiger partial charge in [0.1, 0.15) is 0 Å². The number of hydrogen-bond acceptors (Lipinski definition) is 4. The van der Waals surface area contributed by atoms with Gasteiger partial charge in [-0.25, -0.2) is 0 Å². The summed E-state index contributed by atoms with van der Waals surface area (Å²) >= 11 is 0. The topological polar surface area (TPSA) is 86.9 Å². The Hall–Kier alpha value is -1.63. The zero-order valence-electron chi connectivity index (χ0n) is 15.1. The van der Waals surface area contributed by atoms with Crippen LogP contribution in [0.4, 0.5) is 0 Å². The Morgan fingerprint density at radius 3 is 2.73 bits per heavy atom. The number of nitrogens with two attached hydrogens (primary N) is 1. The molecule has 3 atom stereocenters. The predicted molar refractivity (Wildman–Crippen MR) is 102 cm³/mol. The first-order valence-corrected chi connectivity index (χ1v) is 9.00. The maximum absolute atomic E-state index is 12.7. The number of carbonyl (C=O) groups excluding carboxylic acids is 2. The van der Waals surface area contributed by atoms with Gasteiger partial charge >= 0.3 is 0 Å². The lowest BCUT2D eigenvalue weighted by Crippen LogP contribution is -2.54. The van der Waals surface area contributed by atoms with Crippen molar-refractivity contribution in [3.8, 4) is 0 Å². The van der Waals surface area contributed by atoms with Crippen molar-refractivity contribution in [1.82, 2.24) is 9.80 Å². The second kappa shape index (κ2) is 8.84. The van der Waals surface area contributed by atoms with Crippen molar-refractivity contribution in [2.45, 2.75) is 44.9 Å². The molecule has 1 aromatic rings. The fourth-order valence-electron chi connectivity index (χ4n) is 3.75. The Morgan fingerprint density at radius 2 is 2.08 bits per heavy atom. The maximum Gasteiger partial charge on any atom is 0.242 e. The highest BCUT2D eigenvalue weighted by Gasteiger charge is 2.35. The molecule has 6 nitrogen and oxygen atoms in total. The number of nitrogens with zero attached hydrogens (tertiary/aromatic N) is 2. The number of hydrogen-bond donors (Lipinski definition) is 2. The van der Waals surface area contributed by atoms with Crippen LogP contribution in [0.1, 0.15) is 30.4 Å². The van der Waals surface area contributed by atoms with Crippen LogP contribution in [0.15, 0.2) is 24.3 Å². The van der Waals surface area contributed by atoms with E-state index in [9.17, 15) is 14.7 Å². The molecule has 0 bridgehead atoms. The molecular formula is C19H28ClN3O3. The van der Waals surface area contributed by atoms with E-state index in [-0.39, 0.29) is 42.7 Å². The molecule has 1 heterocycles. The number of aliphatic hydroxyl groups excluding tert-OH is 1. The van der Waals surface area contributed by atoms with E-state index in [0.29, 0.717) is 38.9 Å². The fourth-order valence-corrected chi connectivity index (χ4v) is 3.75. The summed E-state index contributed by atoms with van der Waals surface area (Å²) < 4.78 is 0. The molecule has 0 unspecified atom stereocenters. The molecule has 3 N–H and O–H groups in total. The number of rotatable bonds is 3. The summed E-state index contributed by atoms with van der Waals surface area (Å²) in [7, 11) is 0. The highest BCUT2D eigenvalue weighted by atomic mass is 35.5. The molecule has 2 fully saturated rings. The molecule has 2 aliphatic rings. The highest BCUT2D eigenvalue weighted by Crippen LogP contribution is 2.26. The van der Waals surface area contributed by atoms with Crippen LogP contribution in [0, 0.1) is 12.8 Å². The van der Waals surface area contributed by atoms with Crippen LogP contribution in [-0.4, -0.2) is 58.5 Å². The lowest BCUT2D eigenvalue weighted by molar-refractivity contribution is -0.149. The van der Waals surface area contributed by atoms with Crippen molar-refractivity contribution in [3.63, 3.8) is 0 Å². The summed E-state index contributed by atoms with van der Waals surface area (Å²) in [6.07, 6.45) is 1.12. The van der Waals surface area contributed by atoms with E-state index in [1.54, 1.807) is 4.90 Å². The van der Waals surface area contributed by atoms with Gasteiger partial charge < -0.3 is 20.6 Å². The lowest BCUT2D eigenvalue weighted by Gasteiger charge is -2.38. The predicted octanol–water partition coefficient (Wildman–Crippen LogP) is 1.08. The molecule has 1 aliphatic heterocycles. The second-order valence-electron chi connectivity index (χ2n) is 7.31. The number of amides is 2. The highest BCUT2D eigenvalue weighted by molar-refractivity contribution is 5.87. The minimum Gasteiger partial charge on any atom is -0.391 e. The van der Waals surface area contributed by atoms with Gasteiger partial charge in [-0.1, -0.05) is 29.8 Å². The molecule has 1 aromatic carbocycles. The Labute approximate surface area is 160 Å². The summed E-state index contributed by atoms with van der Waals surface area (Å²) in [5, 5.41) is 9.90. The number of halogens is 1. The summed E-state index contributed by atoms with van der Waals surface area (Å²) in [5.41, 5.74) is 8.09. The molecule has 7 heteroatoms. The van der Waals surface area contributed by atoms with Gasteiger partial charge in [0, 0.05) is 31.6 Å². The molecule has 0 spiro atoms. The van der Waals surface area contributed by atoms with Crippen molar-refractivity contribution >= 4 is 24.2 Å².